The van der Waals surface area contributed by atoms with Crippen LogP contribution < -0.4 is 15.4 Å². The molecule has 0 bridgehead atoms. The molecule has 2 amide bonds. The van der Waals surface area contributed by atoms with Crippen molar-refractivity contribution in [2.75, 3.05) is 25.0 Å². The van der Waals surface area contributed by atoms with Crippen molar-refractivity contribution >= 4 is 28.8 Å². The Balaban J connectivity index is 1.23. The fourth-order valence-electron chi connectivity index (χ4n) is 3.87. The molecule has 2 aromatic carbocycles. The maximum atomic E-state index is 13.0. The smallest absolute Gasteiger partial charge is 0.286 e. The Morgan fingerprint density at radius 2 is 1.86 bits per heavy atom. The van der Waals surface area contributed by atoms with E-state index in [9.17, 15) is 14.0 Å². The average Bonchev–Trinajstić information content (AvgIpc) is 3.35. The molecule has 1 fully saturated rings. The highest BCUT2D eigenvalue weighted by Gasteiger charge is 2.18. The number of halogens is 1. The van der Waals surface area contributed by atoms with E-state index in [2.05, 4.69) is 32.7 Å². The van der Waals surface area contributed by atoms with Crippen LogP contribution in [0.4, 0.5) is 10.1 Å². The van der Waals surface area contributed by atoms with E-state index in [1.807, 2.05) is 0 Å². The van der Waals surface area contributed by atoms with E-state index in [-0.39, 0.29) is 23.3 Å². The predicted molar refractivity (Wildman–Crippen MR) is 132 cm³/mol. The number of benzene rings is 2. The summed E-state index contributed by atoms with van der Waals surface area (Å²) in [6, 6.07) is 12.9. The molecule has 10 heteroatoms. The lowest BCUT2D eigenvalue weighted by Gasteiger charge is -2.33. The number of anilines is 1. The molecule has 35 heavy (non-hydrogen) atoms. The monoisotopic (exact) mass is 497 g/mol. The van der Waals surface area contributed by atoms with Gasteiger partial charge in [-0.05, 0) is 74.8 Å². The number of hydrogen-bond donors (Lipinski definition) is 2. The van der Waals surface area contributed by atoms with Crippen molar-refractivity contribution in [3.63, 3.8) is 0 Å². The summed E-state index contributed by atoms with van der Waals surface area (Å²) in [6.07, 6.45) is 3.70. The van der Waals surface area contributed by atoms with Crippen LogP contribution in [0.5, 0.6) is 5.75 Å². The van der Waals surface area contributed by atoms with Crippen molar-refractivity contribution in [2.24, 2.45) is 0 Å². The number of carbonyl (C=O) groups excluding carboxylic acids is 2. The average molecular weight is 498 g/mol. The third-order valence-electron chi connectivity index (χ3n) is 5.87. The van der Waals surface area contributed by atoms with Gasteiger partial charge in [0.1, 0.15) is 18.2 Å². The minimum Gasteiger partial charge on any atom is -0.486 e. The predicted octanol–water partition coefficient (Wildman–Crippen LogP) is 4.11. The Morgan fingerprint density at radius 3 is 2.60 bits per heavy atom. The van der Waals surface area contributed by atoms with Crippen molar-refractivity contribution in [3.8, 4) is 5.75 Å². The van der Waals surface area contributed by atoms with Gasteiger partial charge in [-0.1, -0.05) is 17.8 Å². The molecule has 184 valence electrons. The Labute approximate surface area is 207 Å². The fraction of sp³-hybridized carbons (Fsp3) is 0.360. The van der Waals surface area contributed by atoms with Gasteiger partial charge in [0.2, 0.25) is 5.01 Å². The zero-order valence-electron chi connectivity index (χ0n) is 19.5. The second-order valence-corrected chi connectivity index (χ2v) is 9.47. The molecule has 2 heterocycles. The molecule has 1 saturated heterocycles. The van der Waals surface area contributed by atoms with Gasteiger partial charge in [-0.3, -0.25) is 14.5 Å². The number of carbonyl (C=O) groups is 2. The first-order valence-electron chi connectivity index (χ1n) is 11.6. The van der Waals surface area contributed by atoms with Gasteiger partial charge in [0, 0.05) is 30.4 Å². The number of ether oxygens (including phenoxy) is 1. The molecule has 1 aromatic heterocycles. The number of nitrogens with zero attached hydrogens (tertiary/aromatic N) is 3. The highest BCUT2D eigenvalue weighted by atomic mass is 32.1. The minimum absolute atomic E-state index is 0.122. The Morgan fingerprint density at radius 1 is 1.09 bits per heavy atom. The second-order valence-electron chi connectivity index (χ2n) is 8.41. The van der Waals surface area contributed by atoms with Crippen LogP contribution in [0.2, 0.25) is 0 Å². The lowest BCUT2D eigenvalue weighted by atomic mass is 10.0. The Hall–Kier alpha value is -3.37. The summed E-state index contributed by atoms with van der Waals surface area (Å²) in [5, 5.41) is 14.3. The zero-order chi connectivity index (χ0) is 24.6. The largest absolute Gasteiger partial charge is 0.486 e. The van der Waals surface area contributed by atoms with Crippen molar-refractivity contribution < 1.29 is 18.7 Å². The van der Waals surface area contributed by atoms with E-state index >= 15 is 0 Å². The molecule has 0 spiro atoms. The van der Waals surface area contributed by atoms with E-state index in [4.69, 9.17) is 4.74 Å². The molecule has 0 saturated carbocycles. The van der Waals surface area contributed by atoms with Crippen molar-refractivity contribution in [3.05, 3.63) is 69.9 Å². The highest BCUT2D eigenvalue weighted by Crippen LogP contribution is 2.18. The van der Waals surface area contributed by atoms with Crippen LogP contribution in [0.25, 0.3) is 0 Å². The van der Waals surface area contributed by atoms with Gasteiger partial charge in [-0.15, -0.1) is 10.2 Å². The number of amides is 2. The number of likely N-dealkylation sites (tertiary alicyclic amines) is 1. The summed E-state index contributed by atoms with van der Waals surface area (Å²) in [4.78, 5) is 27.4. The first-order valence-corrected chi connectivity index (χ1v) is 12.4. The summed E-state index contributed by atoms with van der Waals surface area (Å²) < 4.78 is 18.5. The fourth-order valence-corrected chi connectivity index (χ4v) is 4.52. The van der Waals surface area contributed by atoms with Crippen LogP contribution in [-0.4, -0.2) is 52.6 Å². The minimum atomic E-state index is -0.400. The molecule has 1 unspecified atom stereocenters. The normalized spacial score (nSPS) is 16.0. The first-order chi connectivity index (χ1) is 17.0. The van der Waals surface area contributed by atoms with Gasteiger partial charge in [0.05, 0.1) is 0 Å². The number of hydrogen-bond acceptors (Lipinski definition) is 7. The summed E-state index contributed by atoms with van der Waals surface area (Å²) in [5.41, 5.74) is 1.08. The maximum absolute atomic E-state index is 13.0. The molecule has 1 aliphatic rings. The van der Waals surface area contributed by atoms with Crippen LogP contribution in [-0.2, 0) is 6.61 Å². The number of piperidine rings is 1. The molecule has 1 atom stereocenters. The van der Waals surface area contributed by atoms with Crippen LogP contribution in [0.1, 0.15) is 51.4 Å². The van der Waals surface area contributed by atoms with Gasteiger partial charge in [-0.2, -0.15) is 0 Å². The molecule has 4 rings (SSSR count). The van der Waals surface area contributed by atoms with Gasteiger partial charge in [0.15, 0.2) is 5.01 Å². The van der Waals surface area contributed by atoms with Crippen molar-refractivity contribution in [2.45, 2.75) is 38.8 Å². The zero-order valence-corrected chi connectivity index (χ0v) is 20.3. The molecule has 2 N–H and O–H groups in total. The third kappa shape index (κ3) is 7.06. The Kier molecular flexibility index (Phi) is 8.38. The van der Waals surface area contributed by atoms with Crippen LogP contribution in [0, 0.1) is 5.82 Å². The highest BCUT2D eigenvalue weighted by molar-refractivity contribution is 7.13. The SMILES string of the molecule is CC1CCCCN1CCNC(=O)c1ccc(NC(=O)c2nnc(COc3ccc(F)cc3)s2)cc1. The van der Waals surface area contributed by atoms with Crippen LogP contribution in [0.15, 0.2) is 48.5 Å². The van der Waals surface area contributed by atoms with Gasteiger partial charge in [0.25, 0.3) is 11.8 Å². The van der Waals surface area contributed by atoms with Crippen molar-refractivity contribution in [1.82, 2.24) is 20.4 Å². The van der Waals surface area contributed by atoms with Crippen LogP contribution in [0.3, 0.4) is 0 Å². The third-order valence-corrected chi connectivity index (χ3v) is 6.76. The lowest BCUT2D eigenvalue weighted by Crippen LogP contribution is -2.42. The summed E-state index contributed by atoms with van der Waals surface area (Å²) in [5.74, 6) is -0.382. The van der Waals surface area contributed by atoms with E-state index in [1.165, 1.54) is 43.5 Å². The summed E-state index contributed by atoms with van der Waals surface area (Å²) in [6.45, 7) is 4.89. The van der Waals surface area contributed by atoms with E-state index in [0.29, 0.717) is 34.6 Å². The van der Waals surface area contributed by atoms with E-state index in [0.717, 1.165) is 24.4 Å². The number of aromatic nitrogens is 2. The lowest BCUT2D eigenvalue weighted by molar-refractivity contribution is 0.0938. The second kappa shape index (κ2) is 11.9. The molecule has 8 nitrogen and oxygen atoms in total. The molecule has 1 aliphatic heterocycles. The van der Waals surface area contributed by atoms with Gasteiger partial charge < -0.3 is 15.4 Å². The summed E-state index contributed by atoms with van der Waals surface area (Å²) in [7, 11) is 0. The standard InChI is InChI=1S/C25H28FN5O3S/c1-17-4-2-3-14-31(17)15-13-27-23(32)18-5-9-20(10-6-18)28-24(33)25-30-29-22(35-25)16-34-21-11-7-19(26)8-12-21/h5-12,17H,2-4,13-16H2,1H3,(H,27,32)(H,28,33). The maximum Gasteiger partial charge on any atom is 0.286 e. The first kappa shape index (κ1) is 24.7. The molecule has 3 aromatic rings. The molecular formula is C25H28FN5O3S. The number of rotatable bonds is 9. The van der Waals surface area contributed by atoms with E-state index in [1.54, 1.807) is 24.3 Å². The van der Waals surface area contributed by atoms with Crippen molar-refractivity contribution in [1.29, 1.82) is 0 Å². The molecular weight excluding hydrogens is 469 g/mol. The quantitative estimate of drug-likeness (QED) is 0.462. The number of nitrogens with one attached hydrogen (secondary N) is 2. The van der Waals surface area contributed by atoms with Gasteiger partial charge in [-0.25, -0.2) is 4.39 Å². The van der Waals surface area contributed by atoms with Gasteiger partial charge >= 0.3 is 0 Å². The molecule has 0 aliphatic carbocycles. The topological polar surface area (TPSA) is 96.5 Å². The Bertz CT molecular complexity index is 1140. The molecule has 0 radical (unpaired) electrons. The van der Waals surface area contributed by atoms with Crippen LogP contribution >= 0.6 is 11.3 Å². The summed E-state index contributed by atoms with van der Waals surface area (Å²) >= 11 is 1.11. The van der Waals surface area contributed by atoms with E-state index < -0.39 is 5.91 Å².